The molecule has 168 valence electrons. The number of hydrogen-bond acceptors (Lipinski definition) is 4. The number of halogens is 4. The molecule has 0 radical (unpaired) electrons. The van der Waals surface area contributed by atoms with E-state index in [-0.39, 0.29) is 18.1 Å². The standard InChI is InChI=1S/C22H20ClF3N4O2/c1-13(4-3-5-14(2)22(24,25)26)10-19-29-20(30-32-19)21(31)27-9-8-15-12-28-18-7-6-16(23)11-17(15)18/h3-7,11-12,28H,1,8-10H2,2H3,(H,27,31)/b4-3-,14-5+. The largest absolute Gasteiger partial charge is 0.412 e. The minimum Gasteiger partial charge on any atom is -0.361 e. The monoisotopic (exact) mass is 464 g/mol. The van der Waals surface area contributed by atoms with E-state index in [9.17, 15) is 18.0 Å². The summed E-state index contributed by atoms with van der Waals surface area (Å²) in [5.41, 5.74) is 1.69. The van der Waals surface area contributed by atoms with Gasteiger partial charge in [0.2, 0.25) is 5.89 Å². The lowest BCUT2D eigenvalue weighted by atomic mass is 10.1. The molecule has 2 aromatic heterocycles. The Hall–Kier alpha value is -3.33. The maximum Gasteiger partial charge on any atom is 0.412 e. The summed E-state index contributed by atoms with van der Waals surface area (Å²) in [6, 6.07) is 5.54. The van der Waals surface area contributed by atoms with Crippen LogP contribution < -0.4 is 5.32 Å². The van der Waals surface area contributed by atoms with Crippen LogP contribution in [0.15, 0.2) is 64.9 Å². The third-order valence-electron chi connectivity index (χ3n) is 4.58. The van der Waals surface area contributed by atoms with E-state index in [1.165, 1.54) is 12.2 Å². The highest BCUT2D eigenvalue weighted by atomic mass is 35.5. The number of alkyl halides is 3. The Kier molecular flexibility index (Phi) is 7.19. The van der Waals surface area contributed by atoms with Crippen LogP contribution in [-0.4, -0.2) is 33.8 Å². The molecule has 0 aliphatic rings. The number of allylic oxidation sites excluding steroid dienone is 5. The Morgan fingerprint density at radius 1 is 1.38 bits per heavy atom. The van der Waals surface area contributed by atoms with Crippen molar-refractivity contribution in [2.45, 2.75) is 25.9 Å². The predicted molar refractivity (Wildman–Crippen MR) is 115 cm³/mol. The molecule has 2 heterocycles. The van der Waals surface area contributed by atoms with E-state index in [1.807, 2.05) is 18.3 Å². The molecule has 3 rings (SSSR count). The Labute approximate surface area is 186 Å². The van der Waals surface area contributed by atoms with E-state index in [1.54, 1.807) is 6.07 Å². The zero-order valence-corrected chi connectivity index (χ0v) is 17.8. The first-order valence-corrected chi connectivity index (χ1v) is 9.97. The molecule has 1 amide bonds. The molecule has 0 aliphatic heterocycles. The summed E-state index contributed by atoms with van der Waals surface area (Å²) in [6.07, 6.45) is 1.76. The first kappa shape index (κ1) is 23.3. The number of benzene rings is 1. The normalized spacial score (nSPS) is 12.6. The number of H-pyrrole nitrogens is 1. The van der Waals surface area contributed by atoms with Gasteiger partial charge in [0.25, 0.3) is 11.7 Å². The zero-order chi connectivity index (χ0) is 23.3. The molecular formula is C22H20ClF3N4O2. The lowest BCUT2D eigenvalue weighted by Gasteiger charge is -2.04. The third-order valence-corrected chi connectivity index (χ3v) is 4.82. The smallest absolute Gasteiger partial charge is 0.361 e. The third kappa shape index (κ3) is 6.10. The Morgan fingerprint density at radius 2 is 2.16 bits per heavy atom. The lowest BCUT2D eigenvalue weighted by molar-refractivity contribution is -0.0913. The van der Waals surface area contributed by atoms with Crippen LogP contribution in [0, 0.1) is 0 Å². The lowest BCUT2D eigenvalue weighted by Crippen LogP contribution is -2.26. The second-order valence-corrected chi connectivity index (χ2v) is 7.50. The van der Waals surface area contributed by atoms with Crippen molar-refractivity contribution in [1.82, 2.24) is 20.4 Å². The molecular weight excluding hydrogens is 445 g/mol. The van der Waals surface area contributed by atoms with Gasteiger partial charge in [0, 0.05) is 34.2 Å². The fraction of sp³-hybridized carbons (Fsp3) is 0.227. The summed E-state index contributed by atoms with van der Waals surface area (Å²) in [4.78, 5) is 19.4. The number of carbonyl (C=O) groups excluding carboxylic acids is 1. The van der Waals surface area contributed by atoms with Crippen LogP contribution in [0.5, 0.6) is 0 Å². The average molecular weight is 465 g/mol. The van der Waals surface area contributed by atoms with Crippen LogP contribution in [0.25, 0.3) is 10.9 Å². The van der Waals surface area contributed by atoms with Crippen LogP contribution in [0.2, 0.25) is 5.02 Å². The van der Waals surface area contributed by atoms with Crippen molar-refractivity contribution in [3.63, 3.8) is 0 Å². The Bertz CT molecular complexity index is 1190. The topological polar surface area (TPSA) is 83.8 Å². The van der Waals surface area contributed by atoms with Gasteiger partial charge < -0.3 is 14.8 Å². The molecule has 0 atom stereocenters. The second kappa shape index (κ2) is 9.86. The van der Waals surface area contributed by atoms with E-state index in [0.29, 0.717) is 23.6 Å². The van der Waals surface area contributed by atoms with Gasteiger partial charge in [0.15, 0.2) is 0 Å². The van der Waals surface area contributed by atoms with Crippen molar-refractivity contribution >= 4 is 28.4 Å². The molecule has 0 fully saturated rings. The summed E-state index contributed by atoms with van der Waals surface area (Å²) >= 11 is 6.04. The molecule has 0 saturated heterocycles. The number of aromatic amines is 1. The van der Waals surface area contributed by atoms with E-state index in [2.05, 4.69) is 27.0 Å². The molecule has 10 heteroatoms. The van der Waals surface area contributed by atoms with Crippen LogP contribution in [0.4, 0.5) is 13.2 Å². The van der Waals surface area contributed by atoms with Crippen molar-refractivity contribution in [2.75, 3.05) is 6.54 Å². The number of carbonyl (C=O) groups is 1. The van der Waals surface area contributed by atoms with Gasteiger partial charge >= 0.3 is 6.18 Å². The Balaban J connectivity index is 1.51. The van der Waals surface area contributed by atoms with Gasteiger partial charge in [-0.15, -0.1) is 0 Å². The average Bonchev–Trinajstić information content (AvgIpc) is 3.34. The van der Waals surface area contributed by atoms with Gasteiger partial charge in [-0.1, -0.05) is 41.6 Å². The van der Waals surface area contributed by atoms with Crippen molar-refractivity contribution < 1.29 is 22.5 Å². The van der Waals surface area contributed by atoms with Gasteiger partial charge in [0.05, 0.1) is 6.42 Å². The summed E-state index contributed by atoms with van der Waals surface area (Å²) in [6.45, 7) is 5.06. The number of fused-ring (bicyclic) bond motifs is 1. The second-order valence-electron chi connectivity index (χ2n) is 7.06. The number of hydrogen-bond donors (Lipinski definition) is 2. The molecule has 0 bridgehead atoms. The van der Waals surface area contributed by atoms with E-state index in [4.69, 9.17) is 16.1 Å². The minimum atomic E-state index is -4.37. The summed E-state index contributed by atoms with van der Waals surface area (Å²) in [7, 11) is 0. The molecule has 0 spiro atoms. The van der Waals surface area contributed by atoms with E-state index < -0.39 is 17.7 Å². The van der Waals surface area contributed by atoms with Gasteiger partial charge in [0.1, 0.15) is 0 Å². The molecule has 0 saturated carbocycles. The van der Waals surface area contributed by atoms with Crippen LogP contribution in [0.1, 0.15) is 29.0 Å². The highest BCUT2D eigenvalue weighted by Crippen LogP contribution is 2.25. The molecule has 32 heavy (non-hydrogen) atoms. The number of nitrogens with one attached hydrogen (secondary N) is 2. The van der Waals surface area contributed by atoms with Crippen molar-refractivity contribution in [3.05, 3.63) is 82.7 Å². The molecule has 1 aromatic carbocycles. The number of rotatable bonds is 8. The maximum atomic E-state index is 12.4. The van der Waals surface area contributed by atoms with Gasteiger partial charge in [-0.05, 0) is 42.7 Å². The maximum absolute atomic E-state index is 12.4. The fourth-order valence-corrected chi connectivity index (χ4v) is 3.01. The van der Waals surface area contributed by atoms with Crippen molar-refractivity contribution in [1.29, 1.82) is 0 Å². The summed E-state index contributed by atoms with van der Waals surface area (Å²) in [5.74, 6) is -0.498. The zero-order valence-electron chi connectivity index (χ0n) is 17.1. The quantitative estimate of drug-likeness (QED) is 0.441. The molecule has 2 N–H and O–H groups in total. The van der Waals surface area contributed by atoms with Crippen molar-refractivity contribution in [3.8, 4) is 0 Å². The molecule has 0 aliphatic carbocycles. The van der Waals surface area contributed by atoms with Gasteiger partial charge in [-0.2, -0.15) is 18.2 Å². The van der Waals surface area contributed by atoms with E-state index >= 15 is 0 Å². The SMILES string of the molecule is C=C(/C=C\C=C(/C)C(F)(F)F)Cc1nc(C(=O)NCCc2c[nH]c3ccc(Cl)cc23)no1. The highest BCUT2D eigenvalue weighted by molar-refractivity contribution is 6.31. The Morgan fingerprint density at radius 3 is 2.91 bits per heavy atom. The van der Waals surface area contributed by atoms with Gasteiger partial charge in [-0.25, -0.2) is 0 Å². The molecule has 6 nitrogen and oxygen atoms in total. The van der Waals surface area contributed by atoms with Crippen LogP contribution in [-0.2, 0) is 12.8 Å². The highest BCUT2D eigenvalue weighted by Gasteiger charge is 2.29. The molecule has 0 unspecified atom stereocenters. The van der Waals surface area contributed by atoms with Gasteiger partial charge in [-0.3, -0.25) is 4.79 Å². The molecule has 3 aromatic rings. The van der Waals surface area contributed by atoms with Crippen molar-refractivity contribution in [2.24, 2.45) is 0 Å². The number of amides is 1. The number of aromatic nitrogens is 3. The minimum absolute atomic E-state index is 0.103. The predicted octanol–water partition coefficient (Wildman–Crippen LogP) is 5.34. The van der Waals surface area contributed by atoms with Crippen LogP contribution in [0.3, 0.4) is 0 Å². The first-order chi connectivity index (χ1) is 15.1. The summed E-state index contributed by atoms with van der Waals surface area (Å²) < 4.78 is 42.4. The fourth-order valence-electron chi connectivity index (χ4n) is 2.84. The summed E-state index contributed by atoms with van der Waals surface area (Å²) in [5, 5.41) is 7.98. The first-order valence-electron chi connectivity index (χ1n) is 9.59. The number of nitrogens with zero attached hydrogens (tertiary/aromatic N) is 2. The van der Waals surface area contributed by atoms with E-state index in [0.717, 1.165) is 29.5 Å². The van der Waals surface area contributed by atoms with Crippen LogP contribution >= 0.6 is 11.6 Å².